The molecule has 9 heteroatoms. The van der Waals surface area contributed by atoms with Crippen LogP contribution in [-0.4, -0.2) is 35.2 Å². The van der Waals surface area contributed by atoms with Crippen LogP contribution in [-0.2, 0) is 9.53 Å². The van der Waals surface area contributed by atoms with E-state index in [0.717, 1.165) is 28.6 Å². The molecule has 0 saturated heterocycles. The molecule has 0 atom stereocenters. The second-order valence-electron chi connectivity index (χ2n) is 6.80. The molecule has 0 spiro atoms. The van der Waals surface area contributed by atoms with Gasteiger partial charge in [0.25, 0.3) is 5.91 Å². The maximum atomic E-state index is 12.1. The highest BCUT2D eigenvalue weighted by molar-refractivity contribution is 7.80. The highest BCUT2D eigenvalue weighted by Gasteiger charge is 2.12. The number of aromatic nitrogens is 1. The number of thiocarbonyl (C=S) groups is 1. The number of anilines is 1. The first kappa shape index (κ1) is 22.6. The minimum atomic E-state index is -0.378. The minimum Gasteiger partial charge on any atom is -0.484 e. The molecule has 162 valence electrons. The van der Waals surface area contributed by atoms with Gasteiger partial charge in [-0.25, -0.2) is 9.78 Å². The predicted octanol–water partition coefficient (Wildman–Crippen LogP) is 4.45. The Morgan fingerprint density at radius 2 is 2.03 bits per heavy atom. The summed E-state index contributed by atoms with van der Waals surface area (Å²) in [5, 5.41) is 6.09. The van der Waals surface area contributed by atoms with Gasteiger partial charge in [-0.05, 0) is 61.5 Å². The number of aryl methyl sites for hydroxylation is 1. The van der Waals surface area contributed by atoms with Crippen molar-refractivity contribution in [3.63, 3.8) is 0 Å². The van der Waals surface area contributed by atoms with Gasteiger partial charge in [0.2, 0.25) is 0 Å². The van der Waals surface area contributed by atoms with Gasteiger partial charge in [0, 0.05) is 0 Å². The van der Waals surface area contributed by atoms with E-state index in [1.165, 1.54) is 11.3 Å². The lowest BCUT2D eigenvalue weighted by molar-refractivity contribution is -0.121. The van der Waals surface area contributed by atoms with Crippen molar-refractivity contribution >= 4 is 55.9 Å². The van der Waals surface area contributed by atoms with Crippen molar-refractivity contribution in [1.29, 1.82) is 0 Å². The number of nitrogens with zero attached hydrogens (tertiary/aromatic N) is 1. The van der Waals surface area contributed by atoms with Crippen molar-refractivity contribution < 1.29 is 19.1 Å². The van der Waals surface area contributed by atoms with Crippen LogP contribution < -0.4 is 15.4 Å². The molecular formula is C22H23N3O4S2. The molecule has 3 aromatic rings. The fourth-order valence-corrected chi connectivity index (χ4v) is 3.83. The van der Waals surface area contributed by atoms with Crippen molar-refractivity contribution in [2.24, 2.45) is 0 Å². The Hall–Kier alpha value is -3.04. The summed E-state index contributed by atoms with van der Waals surface area (Å²) in [5.74, 6) is -0.115. The van der Waals surface area contributed by atoms with Crippen LogP contribution >= 0.6 is 23.6 Å². The van der Waals surface area contributed by atoms with Gasteiger partial charge in [0.1, 0.15) is 5.75 Å². The SMILES string of the molecule is CCCCOC(=O)c1ccc2nc(NC(=S)NC(=O)COc3cccc(C)c3)sc2c1. The summed E-state index contributed by atoms with van der Waals surface area (Å²) in [4.78, 5) is 28.6. The second kappa shape index (κ2) is 10.8. The van der Waals surface area contributed by atoms with Gasteiger partial charge < -0.3 is 14.8 Å². The Bertz CT molecular complexity index is 1100. The van der Waals surface area contributed by atoms with Crippen molar-refractivity contribution in [2.45, 2.75) is 26.7 Å². The van der Waals surface area contributed by atoms with E-state index in [0.29, 0.717) is 23.1 Å². The number of amides is 1. The molecule has 0 aliphatic carbocycles. The van der Waals surface area contributed by atoms with Crippen LogP contribution in [0.3, 0.4) is 0 Å². The predicted molar refractivity (Wildman–Crippen MR) is 126 cm³/mol. The average molecular weight is 458 g/mol. The number of rotatable bonds is 8. The van der Waals surface area contributed by atoms with E-state index in [-0.39, 0.29) is 23.6 Å². The van der Waals surface area contributed by atoms with E-state index in [9.17, 15) is 9.59 Å². The molecule has 2 aromatic carbocycles. The first-order valence-electron chi connectivity index (χ1n) is 9.82. The molecule has 1 amide bonds. The number of unbranched alkanes of at least 4 members (excludes halogenated alkanes) is 1. The number of carbonyl (C=O) groups is 2. The van der Waals surface area contributed by atoms with Crippen LogP contribution in [0.1, 0.15) is 35.7 Å². The van der Waals surface area contributed by atoms with Crippen LogP contribution in [0.2, 0.25) is 0 Å². The minimum absolute atomic E-state index is 0.121. The van der Waals surface area contributed by atoms with Gasteiger partial charge >= 0.3 is 5.97 Å². The number of carbonyl (C=O) groups excluding carboxylic acids is 2. The van der Waals surface area contributed by atoms with Crippen molar-refractivity contribution in [3.05, 3.63) is 53.6 Å². The molecule has 0 aliphatic heterocycles. The quantitative estimate of drug-likeness (QED) is 0.293. The molecule has 0 saturated carbocycles. The number of hydrogen-bond acceptors (Lipinski definition) is 7. The van der Waals surface area contributed by atoms with Gasteiger partial charge in [-0.3, -0.25) is 10.1 Å². The Labute approximate surface area is 189 Å². The van der Waals surface area contributed by atoms with Gasteiger partial charge in [0.05, 0.1) is 22.4 Å². The maximum absolute atomic E-state index is 12.1. The van der Waals surface area contributed by atoms with Crippen molar-refractivity contribution in [2.75, 3.05) is 18.5 Å². The number of hydrogen-bond donors (Lipinski definition) is 2. The molecule has 1 aromatic heterocycles. The lowest BCUT2D eigenvalue weighted by atomic mass is 10.2. The largest absolute Gasteiger partial charge is 0.484 e. The van der Waals surface area contributed by atoms with E-state index in [1.54, 1.807) is 24.3 Å². The molecule has 0 radical (unpaired) electrons. The molecule has 2 N–H and O–H groups in total. The highest BCUT2D eigenvalue weighted by Crippen LogP contribution is 2.27. The molecule has 0 unspecified atom stereocenters. The molecule has 7 nitrogen and oxygen atoms in total. The van der Waals surface area contributed by atoms with E-state index < -0.39 is 0 Å². The smallest absolute Gasteiger partial charge is 0.338 e. The van der Waals surface area contributed by atoms with Crippen LogP contribution in [0.25, 0.3) is 10.2 Å². The fourth-order valence-electron chi connectivity index (χ4n) is 2.64. The molecule has 1 heterocycles. The fraction of sp³-hybridized carbons (Fsp3) is 0.273. The lowest BCUT2D eigenvalue weighted by Gasteiger charge is -2.09. The number of benzene rings is 2. The Morgan fingerprint density at radius 3 is 2.81 bits per heavy atom. The number of nitrogens with one attached hydrogen (secondary N) is 2. The highest BCUT2D eigenvalue weighted by atomic mass is 32.1. The van der Waals surface area contributed by atoms with Crippen LogP contribution in [0.4, 0.5) is 5.13 Å². The van der Waals surface area contributed by atoms with Crippen LogP contribution in [0, 0.1) is 6.92 Å². The standard InChI is InChI=1S/C22H23N3O4S2/c1-3-4-10-28-20(27)15-8-9-17-18(12-15)31-22(23-17)25-21(30)24-19(26)13-29-16-7-5-6-14(2)11-16/h5-9,11-12H,3-4,10,13H2,1-2H3,(H2,23,24,25,26,30). The summed E-state index contributed by atoms with van der Waals surface area (Å²) in [5.41, 5.74) is 2.24. The van der Waals surface area contributed by atoms with E-state index in [4.69, 9.17) is 21.7 Å². The van der Waals surface area contributed by atoms with Crippen molar-refractivity contribution in [3.8, 4) is 5.75 Å². The number of ether oxygens (including phenoxy) is 2. The first-order chi connectivity index (χ1) is 14.9. The van der Waals surface area contributed by atoms with E-state index >= 15 is 0 Å². The zero-order valence-electron chi connectivity index (χ0n) is 17.3. The van der Waals surface area contributed by atoms with E-state index in [2.05, 4.69) is 15.6 Å². The second-order valence-corrected chi connectivity index (χ2v) is 8.24. The van der Waals surface area contributed by atoms with Gasteiger partial charge in [-0.15, -0.1) is 0 Å². The third-order valence-corrected chi connectivity index (χ3v) is 5.33. The molecule has 0 bridgehead atoms. The van der Waals surface area contributed by atoms with Crippen molar-refractivity contribution in [1.82, 2.24) is 10.3 Å². The Balaban J connectivity index is 1.53. The summed E-state index contributed by atoms with van der Waals surface area (Å²) in [7, 11) is 0. The first-order valence-corrected chi connectivity index (χ1v) is 11.0. The monoisotopic (exact) mass is 457 g/mol. The zero-order chi connectivity index (χ0) is 22.2. The molecule has 0 aliphatic rings. The summed E-state index contributed by atoms with van der Waals surface area (Å²) in [6.07, 6.45) is 1.80. The normalized spacial score (nSPS) is 10.5. The zero-order valence-corrected chi connectivity index (χ0v) is 18.9. The Kier molecular flexibility index (Phi) is 7.91. The molecule has 0 fully saturated rings. The number of fused-ring (bicyclic) bond motifs is 1. The lowest BCUT2D eigenvalue weighted by Crippen LogP contribution is -2.37. The maximum Gasteiger partial charge on any atom is 0.338 e. The number of thiazole rings is 1. The number of esters is 1. The third-order valence-electron chi connectivity index (χ3n) is 4.19. The summed E-state index contributed by atoms with van der Waals surface area (Å²) < 4.78 is 11.5. The van der Waals surface area contributed by atoms with Gasteiger partial charge in [-0.2, -0.15) is 0 Å². The van der Waals surface area contributed by atoms with Crippen LogP contribution in [0.5, 0.6) is 5.75 Å². The summed E-state index contributed by atoms with van der Waals surface area (Å²) >= 11 is 6.51. The summed E-state index contributed by atoms with van der Waals surface area (Å²) in [6, 6.07) is 12.6. The average Bonchev–Trinajstić information content (AvgIpc) is 3.13. The van der Waals surface area contributed by atoms with Crippen LogP contribution in [0.15, 0.2) is 42.5 Å². The summed E-state index contributed by atoms with van der Waals surface area (Å²) in [6.45, 7) is 4.23. The molecule has 3 rings (SSSR count). The third kappa shape index (κ3) is 6.73. The van der Waals surface area contributed by atoms with Gasteiger partial charge in [-0.1, -0.05) is 36.8 Å². The van der Waals surface area contributed by atoms with Gasteiger partial charge in [0.15, 0.2) is 16.9 Å². The molecular weight excluding hydrogens is 434 g/mol. The van der Waals surface area contributed by atoms with E-state index in [1.807, 2.05) is 32.0 Å². The topological polar surface area (TPSA) is 89.5 Å². The molecule has 31 heavy (non-hydrogen) atoms. The Morgan fingerprint density at radius 1 is 1.19 bits per heavy atom.